The van der Waals surface area contributed by atoms with Crippen molar-refractivity contribution >= 4 is 23.4 Å². The first-order valence-electron chi connectivity index (χ1n) is 14.9. The van der Waals surface area contributed by atoms with Crippen molar-refractivity contribution in [2.75, 3.05) is 36.5 Å². The summed E-state index contributed by atoms with van der Waals surface area (Å²) in [7, 11) is 0. The maximum Gasteiger partial charge on any atom is 0.255 e. The Kier molecular flexibility index (Phi) is 15.2. The summed E-state index contributed by atoms with van der Waals surface area (Å²) < 4.78 is 6.00. The highest BCUT2D eigenvalue weighted by atomic mass is 16.5. The summed E-state index contributed by atoms with van der Waals surface area (Å²) in [6.07, 6.45) is 10.5. The minimum Gasteiger partial charge on any atom is -0.381 e. The molecule has 1 unspecified atom stereocenters. The molecule has 6 nitrogen and oxygen atoms in total. The number of ether oxygens (including phenoxy) is 1. The molecule has 0 aliphatic heterocycles. The van der Waals surface area contributed by atoms with E-state index in [1.165, 1.54) is 30.9 Å². The Balaban J connectivity index is 2.15. The van der Waals surface area contributed by atoms with E-state index in [1.54, 1.807) is 0 Å². The van der Waals surface area contributed by atoms with Crippen molar-refractivity contribution in [2.24, 2.45) is 5.92 Å². The van der Waals surface area contributed by atoms with Crippen LogP contribution in [0.15, 0.2) is 48.0 Å². The molecular weight excluding hydrogens is 496 g/mol. The smallest absolute Gasteiger partial charge is 0.255 e. The largest absolute Gasteiger partial charge is 0.381 e. The topological polar surface area (TPSA) is 89.2 Å². The molecule has 0 aliphatic carbocycles. The summed E-state index contributed by atoms with van der Waals surface area (Å²) in [5.74, 6) is 0.405. The number of allylic oxidation sites excluding steroid dienone is 1. The summed E-state index contributed by atoms with van der Waals surface area (Å²) in [4.78, 5) is 15.4. The Labute approximate surface area is 241 Å². The highest BCUT2D eigenvalue weighted by Crippen LogP contribution is 2.27. The molecule has 214 valence electrons. The number of hydrogen-bond donors (Lipinski definition) is 1. The Bertz CT molecular complexity index is 1140. The van der Waals surface area contributed by atoms with Gasteiger partial charge in [-0.1, -0.05) is 64.7 Å². The van der Waals surface area contributed by atoms with Crippen LogP contribution in [0.1, 0.15) is 94.1 Å². The lowest BCUT2D eigenvalue weighted by Crippen LogP contribution is -2.25. The van der Waals surface area contributed by atoms with Crippen molar-refractivity contribution in [2.45, 2.75) is 79.1 Å². The third-order valence-electron chi connectivity index (χ3n) is 7.22. The van der Waals surface area contributed by atoms with Gasteiger partial charge < -0.3 is 15.0 Å². The number of nitriles is 2. The molecule has 2 rings (SSSR count). The Morgan fingerprint density at radius 1 is 1.00 bits per heavy atom. The number of unbranched alkanes of at least 4 members (excludes halogenated alkanes) is 2. The number of carbonyl (C=O) groups is 1. The molecule has 2 aromatic rings. The van der Waals surface area contributed by atoms with Gasteiger partial charge in [0, 0.05) is 43.1 Å². The highest BCUT2D eigenvalue weighted by molar-refractivity contribution is 6.05. The average Bonchev–Trinajstić information content (AvgIpc) is 2.99. The van der Waals surface area contributed by atoms with E-state index in [4.69, 9.17) is 4.74 Å². The summed E-state index contributed by atoms with van der Waals surface area (Å²) in [5, 5.41) is 21.6. The van der Waals surface area contributed by atoms with Crippen LogP contribution in [0.2, 0.25) is 0 Å². The second-order valence-electron chi connectivity index (χ2n) is 10.2. The van der Waals surface area contributed by atoms with Gasteiger partial charge >= 0.3 is 0 Å². The molecular formula is C34H46N4O2. The number of carbonyl (C=O) groups excluding carboxylic acids is 1. The number of rotatable bonds is 18. The van der Waals surface area contributed by atoms with Gasteiger partial charge in [-0.3, -0.25) is 4.79 Å². The van der Waals surface area contributed by atoms with Crippen LogP contribution < -0.4 is 10.2 Å². The fraction of sp³-hybridized carbons (Fsp3) is 0.500. The average molecular weight is 543 g/mol. The standard InChI is InChI=1S/C34H46N4O2/c1-5-9-12-27(7-3)26-40-21-11-20-38(8-4)32-19-18-31(22-29(24-35)25-36)33(23-32)37-34(39)30-16-14-28(15-17-30)13-10-6-2/h14-19,22-23,27H,5-13,20-21,26H2,1-4H3,(H,37,39). The molecule has 40 heavy (non-hydrogen) atoms. The Morgan fingerprint density at radius 2 is 1.73 bits per heavy atom. The maximum atomic E-state index is 13.2. The van der Waals surface area contributed by atoms with Gasteiger partial charge in [0.1, 0.15) is 17.7 Å². The number of nitrogens with zero attached hydrogens (tertiary/aromatic N) is 3. The molecule has 1 N–H and O–H groups in total. The van der Waals surface area contributed by atoms with E-state index in [0.717, 1.165) is 57.5 Å². The van der Waals surface area contributed by atoms with Gasteiger partial charge in [0.15, 0.2) is 0 Å². The lowest BCUT2D eigenvalue weighted by Gasteiger charge is -2.25. The quantitative estimate of drug-likeness (QED) is 0.152. The summed E-state index contributed by atoms with van der Waals surface area (Å²) >= 11 is 0. The first kappa shape index (κ1) is 32.6. The summed E-state index contributed by atoms with van der Waals surface area (Å²) in [6, 6.07) is 17.3. The lowest BCUT2D eigenvalue weighted by atomic mass is 10.0. The normalized spacial score (nSPS) is 11.2. The van der Waals surface area contributed by atoms with Gasteiger partial charge in [-0.05, 0) is 74.4 Å². The second-order valence-corrected chi connectivity index (χ2v) is 10.2. The molecule has 0 bridgehead atoms. The van der Waals surface area contributed by atoms with Crippen LogP contribution in [-0.2, 0) is 11.2 Å². The number of amides is 1. The minimum absolute atomic E-state index is 0.0163. The zero-order chi connectivity index (χ0) is 29.2. The van der Waals surface area contributed by atoms with Crippen molar-refractivity contribution in [1.29, 1.82) is 10.5 Å². The van der Waals surface area contributed by atoms with E-state index in [0.29, 0.717) is 29.3 Å². The van der Waals surface area contributed by atoms with Crippen LogP contribution in [0.4, 0.5) is 11.4 Å². The fourth-order valence-corrected chi connectivity index (χ4v) is 4.59. The minimum atomic E-state index is -0.227. The molecule has 2 aromatic carbocycles. The van der Waals surface area contributed by atoms with E-state index in [1.807, 2.05) is 54.6 Å². The predicted octanol–water partition coefficient (Wildman–Crippen LogP) is 8.16. The third kappa shape index (κ3) is 10.9. The zero-order valence-electron chi connectivity index (χ0n) is 24.8. The first-order valence-corrected chi connectivity index (χ1v) is 14.9. The Morgan fingerprint density at radius 3 is 2.35 bits per heavy atom. The van der Waals surface area contributed by atoms with Gasteiger partial charge in [-0.15, -0.1) is 0 Å². The molecule has 0 aliphatic rings. The van der Waals surface area contributed by atoms with Crippen molar-refractivity contribution in [3.63, 3.8) is 0 Å². The second kappa shape index (κ2) is 18.6. The van der Waals surface area contributed by atoms with Crippen LogP contribution in [0, 0.1) is 28.6 Å². The molecule has 0 heterocycles. The van der Waals surface area contributed by atoms with Crippen LogP contribution in [0.3, 0.4) is 0 Å². The molecule has 1 amide bonds. The maximum absolute atomic E-state index is 13.2. The zero-order valence-corrected chi connectivity index (χ0v) is 24.8. The lowest BCUT2D eigenvalue weighted by molar-refractivity contribution is 0.0930. The van der Waals surface area contributed by atoms with E-state index in [-0.39, 0.29) is 11.5 Å². The van der Waals surface area contributed by atoms with Crippen molar-refractivity contribution < 1.29 is 9.53 Å². The van der Waals surface area contributed by atoms with Gasteiger partial charge in [-0.25, -0.2) is 0 Å². The molecule has 6 heteroatoms. The van der Waals surface area contributed by atoms with E-state index < -0.39 is 0 Å². The van der Waals surface area contributed by atoms with Gasteiger partial charge in [0.05, 0.1) is 5.69 Å². The van der Waals surface area contributed by atoms with E-state index in [9.17, 15) is 15.3 Å². The number of nitrogens with one attached hydrogen (secondary N) is 1. The first-order chi connectivity index (χ1) is 19.5. The fourth-order valence-electron chi connectivity index (χ4n) is 4.59. The van der Waals surface area contributed by atoms with Crippen LogP contribution in [-0.4, -0.2) is 32.2 Å². The van der Waals surface area contributed by atoms with Crippen LogP contribution in [0.25, 0.3) is 6.08 Å². The van der Waals surface area contributed by atoms with E-state index >= 15 is 0 Å². The number of hydrogen-bond acceptors (Lipinski definition) is 5. The van der Waals surface area contributed by atoms with Crippen LogP contribution >= 0.6 is 0 Å². The predicted molar refractivity (Wildman–Crippen MR) is 165 cm³/mol. The molecule has 1 atom stereocenters. The number of anilines is 2. The van der Waals surface area contributed by atoms with Gasteiger partial charge in [0.25, 0.3) is 5.91 Å². The third-order valence-corrected chi connectivity index (χ3v) is 7.22. The molecule has 0 radical (unpaired) electrons. The SMILES string of the molecule is CCCCc1ccc(C(=O)Nc2cc(N(CC)CCCOCC(CC)CCCC)ccc2C=C(C#N)C#N)cc1. The monoisotopic (exact) mass is 542 g/mol. The number of aryl methyl sites for hydroxylation is 1. The highest BCUT2D eigenvalue weighted by Gasteiger charge is 2.13. The number of benzene rings is 2. The van der Waals surface area contributed by atoms with Crippen LogP contribution in [0.5, 0.6) is 0 Å². The molecule has 0 saturated carbocycles. The molecule has 0 saturated heterocycles. The summed E-state index contributed by atoms with van der Waals surface area (Å²) in [5.41, 5.74) is 3.91. The van der Waals surface area contributed by atoms with Gasteiger partial charge in [0.2, 0.25) is 0 Å². The van der Waals surface area contributed by atoms with Crippen molar-refractivity contribution in [3.8, 4) is 12.1 Å². The Hall–Kier alpha value is -3.61. The van der Waals surface area contributed by atoms with Crippen molar-refractivity contribution in [3.05, 3.63) is 64.7 Å². The molecule has 0 spiro atoms. The van der Waals surface area contributed by atoms with Gasteiger partial charge in [-0.2, -0.15) is 10.5 Å². The summed E-state index contributed by atoms with van der Waals surface area (Å²) in [6.45, 7) is 11.9. The molecule has 0 fully saturated rings. The van der Waals surface area contributed by atoms with Crippen molar-refractivity contribution in [1.82, 2.24) is 0 Å². The molecule has 0 aromatic heterocycles. The van der Waals surface area contributed by atoms with E-state index in [2.05, 4.69) is 37.9 Å².